The van der Waals surface area contributed by atoms with Crippen molar-refractivity contribution in [1.29, 1.82) is 0 Å². The van der Waals surface area contributed by atoms with Gasteiger partial charge in [0.1, 0.15) is 0 Å². The summed E-state index contributed by atoms with van der Waals surface area (Å²) in [6, 6.07) is 2.06. The van der Waals surface area contributed by atoms with Gasteiger partial charge in [-0.15, -0.1) is 11.3 Å². The predicted octanol–water partition coefficient (Wildman–Crippen LogP) is 2.39. The molecule has 0 saturated heterocycles. The van der Waals surface area contributed by atoms with Gasteiger partial charge >= 0.3 is 0 Å². The molecule has 1 aliphatic carbocycles. The number of nitrogens with one attached hydrogen (secondary N) is 1. The van der Waals surface area contributed by atoms with Crippen LogP contribution in [0.3, 0.4) is 0 Å². The number of aryl methyl sites for hydroxylation is 1. The number of ether oxygens (including phenoxy) is 1. The summed E-state index contributed by atoms with van der Waals surface area (Å²) in [6.07, 6.45) is 4.68. The van der Waals surface area contributed by atoms with Gasteiger partial charge in [0.25, 0.3) is 5.91 Å². The first-order chi connectivity index (χ1) is 10.1. The topological polar surface area (TPSA) is 58.6 Å². The number of carbonyl (C=O) groups is 1. The molecule has 0 fully saturated rings. The Labute approximate surface area is 130 Å². The van der Waals surface area contributed by atoms with Gasteiger partial charge in [0.2, 0.25) is 0 Å². The van der Waals surface area contributed by atoms with Gasteiger partial charge in [-0.2, -0.15) is 0 Å². The SMILES string of the molecule is CCC1CCc2sc(C(=O)NCCC(O)COC)cc2C1. The fourth-order valence-electron chi connectivity index (χ4n) is 2.77. The summed E-state index contributed by atoms with van der Waals surface area (Å²) in [5.74, 6) is 0.749. The van der Waals surface area contributed by atoms with Crippen LogP contribution in [0.5, 0.6) is 0 Å². The molecule has 0 aromatic carbocycles. The summed E-state index contributed by atoms with van der Waals surface area (Å²) in [5, 5.41) is 12.4. The van der Waals surface area contributed by atoms with Crippen LogP contribution in [0.15, 0.2) is 6.07 Å². The first-order valence-corrected chi connectivity index (χ1v) is 8.52. The van der Waals surface area contributed by atoms with Gasteiger partial charge in [-0.05, 0) is 43.2 Å². The Bertz CT molecular complexity index is 472. The molecular formula is C16H25NO3S. The smallest absolute Gasteiger partial charge is 0.261 e. The molecular weight excluding hydrogens is 286 g/mol. The molecule has 118 valence electrons. The maximum Gasteiger partial charge on any atom is 0.261 e. The largest absolute Gasteiger partial charge is 0.391 e. The lowest BCUT2D eigenvalue weighted by Crippen LogP contribution is -2.27. The van der Waals surface area contributed by atoms with Crippen molar-refractivity contribution < 1.29 is 14.6 Å². The molecule has 21 heavy (non-hydrogen) atoms. The number of rotatable bonds is 7. The minimum atomic E-state index is -0.517. The molecule has 2 N–H and O–H groups in total. The van der Waals surface area contributed by atoms with Gasteiger partial charge in [0, 0.05) is 18.5 Å². The van der Waals surface area contributed by atoms with Crippen LogP contribution in [-0.2, 0) is 17.6 Å². The van der Waals surface area contributed by atoms with Gasteiger partial charge in [0.15, 0.2) is 0 Å². The molecule has 5 heteroatoms. The van der Waals surface area contributed by atoms with Gasteiger partial charge in [-0.3, -0.25) is 4.79 Å². The molecule has 1 aromatic heterocycles. The molecule has 0 aliphatic heterocycles. The van der Waals surface area contributed by atoms with Crippen LogP contribution in [0.4, 0.5) is 0 Å². The number of hydrogen-bond acceptors (Lipinski definition) is 4. The zero-order chi connectivity index (χ0) is 15.2. The molecule has 0 spiro atoms. The lowest BCUT2D eigenvalue weighted by Gasteiger charge is -2.19. The number of fused-ring (bicyclic) bond motifs is 1. The summed E-state index contributed by atoms with van der Waals surface area (Å²) in [5.41, 5.74) is 1.36. The van der Waals surface area contributed by atoms with Crippen molar-refractivity contribution in [2.24, 2.45) is 5.92 Å². The number of hydrogen-bond donors (Lipinski definition) is 2. The molecule has 0 bridgehead atoms. The fraction of sp³-hybridized carbons (Fsp3) is 0.688. The number of aliphatic hydroxyl groups excluding tert-OH is 1. The Balaban J connectivity index is 1.85. The first kappa shape index (κ1) is 16.5. The van der Waals surface area contributed by atoms with Crippen molar-refractivity contribution in [3.8, 4) is 0 Å². The summed E-state index contributed by atoms with van der Waals surface area (Å²) < 4.78 is 4.86. The van der Waals surface area contributed by atoms with Gasteiger partial charge in [-0.25, -0.2) is 0 Å². The van der Waals surface area contributed by atoms with Crippen LogP contribution >= 0.6 is 11.3 Å². The number of amides is 1. The Kier molecular flexibility index (Phi) is 6.21. The molecule has 2 atom stereocenters. The van der Waals surface area contributed by atoms with E-state index in [-0.39, 0.29) is 5.91 Å². The molecule has 2 rings (SSSR count). The average molecular weight is 311 g/mol. The second-order valence-corrected chi connectivity index (χ2v) is 6.87. The zero-order valence-corrected chi connectivity index (χ0v) is 13.7. The van der Waals surface area contributed by atoms with Crippen molar-refractivity contribution >= 4 is 17.2 Å². The molecule has 0 saturated carbocycles. The van der Waals surface area contributed by atoms with Crippen molar-refractivity contribution in [2.45, 2.75) is 45.1 Å². The van der Waals surface area contributed by atoms with E-state index < -0.39 is 6.10 Å². The van der Waals surface area contributed by atoms with E-state index in [1.165, 1.54) is 23.3 Å². The molecule has 1 aromatic rings. The third-order valence-electron chi connectivity index (χ3n) is 4.11. The first-order valence-electron chi connectivity index (χ1n) is 7.70. The summed E-state index contributed by atoms with van der Waals surface area (Å²) in [4.78, 5) is 14.3. The van der Waals surface area contributed by atoms with Crippen molar-refractivity contribution in [1.82, 2.24) is 5.32 Å². The number of methoxy groups -OCH3 is 1. The molecule has 1 heterocycles. The van der Waals surface area contributed by atoms with E-state index in [4.69, 9.17) is 4.74 Å². The Morgan fingerprint density at radius 1 is 1.62 bits per heavy atom. The predicted molar refractivity (Wildman–Crippen MR) is 85.0 cm³/mol. The number of carbonyl (C=O) groups excluding carboxylic acids is 1. The van der Waals surface area contributed by atoms with Crippen LogP contribution in [0.1, 0.15) is 46.3 Å². The Morgan fingerprint density at radius 2 is 2.43 bits per heavy atom. The Morgan fingerprint density at radius 3 is 3.14 bits per heavy atom. The van der Waals surface area contributed by atoms with Crippen LogP contribution in [0.2, 0.25) is 0 Å². The number of thiophene rings is 1. The highest BCUT2D eigenvalue weighted by Crippen LogP contribution is 2.33. The fourth-order valence-corrected chi connectivity index (χ4v) is 3.90. The quantitative estimate of drug-likeness (QED) is 0.813. The highest BCUT2D eigenvalue weighted by molar-refractivity contribution is 7.14. The van der Waals surface area contributed by atoms with Gasteiger partial charge in [-0.1, -0.05) is 13.3 Å². The summed E-state index contributed by atoms with van der Waals surface area (Å²) in [7, 11) is 1.56. The average Bonchev–Trinajstić information content (AvgIpc) is 2.90. The van der Waals surface area contributed by atoms with E-state index >= 15 is 0 Å². The molecule has 4 nitrogen and oxygen atoms in total. The van der Waals surface area contributed by atoms with Crippen LogP contribution in [0.25, 0.3) is 0 Å². The summed E-state index contributed by atoms with van der Waals surface area (Å²) in [6.45, 7) is 3.02. The van der Waals surface area contributed by atoms with E-state index in [1.807, 2.05) is 0 Å². The molecule has 1 aliphatic rings. The third kappa shape index (κ3) is 4.53. The molecule has 1 amide bonds. The van der Waals surface area contributed by atoms with Gasteiger partial charge in [0.05, 0.1) is 17.6 Å². The van der Waals surface area contributed by atoms with E-state index in [1.54, 1.807) is 18.4 Å². The minimum Gasteiger partial charge on any atom is -0.391 e. The third-order valence-corrected chi connectivity index (χ3v) is 5.34. The normalized spacial score (nSPS) is 19.1. The van der Waals surface area contributed by atoms with Gasteiger partial charge < -0.3 is 15.2 Å². The highest BCUT2D eigenvalue weighted by Gasteiger charge is 2.21. The number of aliphatic hydroxyl groups is 1. The lowest BCUT2D eigenvalue weighted by atomic mass is 9.87. The highest BCUT2D eigenvalue weighted by atomic mass is 32.1. The van der Waals surface area contributed by atoms with E-state index in [2.05, 4.69) is 18.3 Å². The second-order valence-electron chi connectivity index (χ2n) is 5.73. The monoisotopic (exact) mass is 311 g/mol. The molecule has 0 radical (unpaired) electrons. The minimum absolute atomic E-state index is 0.0212. The Hall–Kier alpha value is -0.910. The standard InChI is InChI=1S/C16H25NO3S/c1-3-11-4-5-14-12(8-11)9-15(21-14)16(19)17-7-6-13(18)10-20-2/h9,11,13,18H,3-8,10H2,1-2H3,(H,17,19). The molecule has 2 unspecified atom stereocenters. The lowest BCUT2D eigenvalue weighted by molar-refractivity contribution is 0.0588. The van der Waals surface area contributed by atoms with Crippen LogP contribution < -0.4 is 5.32 Å². The van der Waals surface area contributed by atoms with Crippen molar-refractivity contribution in [2.75, 3.05) is 20.3 Å². The second kappa shape index (κ2) is 7.92. The zero-order valence-electron chi connectivity index (χ0n) is 12.9. The van der Waals surface area contributed by atoms with E-state index in [0.717, 1.165) is 23.6 Å². The van der Waals surface area contributed by atoms with Crippen LogP contribution in [-0.4, -0.2) is 37.4 Å². The maximum absolute atomic E-state index is 12.1. The summed E-state index contributed by atoms with van der Waals surface area (Å²) >= 11 is 1.63. The maximum atomic E-state index is 12.1. The van der Waals surface area contributed by atoms with E-state index in [0.29, 0.717) is 19.6 Å². The van der Waals surface area contributed by atoms with Crippen molar-refractivity contribution in [3.05, 3.63) is 21.4 Å². The van der Waals surface area contributed by atoms with Crippen LogP contribution in [0, 0.1) is 5.92 Å². The van der Waals surface area contributed by atoms with Crippen molar-refractivity contribution in [3.63, 3.8) is 0 Å². The van der Waals surface area contributed by atoms with E-state index in [9.17, 15) is 9.90 Å².